The van der Waals surface area contributed by atoms with Gasteiger partial charge in [0.25, 0.3) is 0 Å². The molecule has 0 bridgehead atoms. The van der Waals surface area contributed by atoms with Gasteiger partial charge in [0.05, 0.1) is 0 Å². The van der Waals surface area contributed by atoms with Crippen molar-refractivity contribution in [3.63, 3.8) is 0 Å². The second-order valence-corrected chi connectivity index (χ2v) is 5.59. The molecular weight excluding hydrogens is 283 g/mol. The van der Waals surface area contributed by atoms with E-state index in [1.54, 1.807) is 6.07 Å². The Kier molecular flexibility index (Phi) is 3.47. The second-order valence-electron chi connectivity index (χ2n) is 5.15. The monoisotopic (exact) mass is 298 g/mol. The largest absolute Gasteiger partial charge is 0.389 e. The normalized spacial score (nSPS) is 11.0. The lowest BCUT2D eigenvalue weighted by atomic mass is 10.1. The quantitative estimate of drug-likeness (QED) is 0.746. The lowest BCUT2D eigenvalue weighted by molar-refractivity contribution is 0.625. The van der Waals surface area contributed by atoms with E-state index in [-0.39, 0.29) is 5.82 Å². The summed E-state index contributed by atoms with van der Waals surface area (Å²) in [6, 6.07) is 12.9. The van der Waals surface area contributed by atoms with Gasteiger partial charge in [-0.1, -0.05) is 18.3 Å². The molecule has 0 atom stereocenters. The van der Waals surface area contributed by atoms with Crippen molar-refractivity contribution in [3.05, 3.63) is 71.2 Å². The van der Waals surface area contributed by atoms with Crippen molar-refractivity contribution in [2.45, 2.75) is 13.5 Å². The molecule has 0 unspecified atom stereocenters. The number of rotatable bonds is 3. The van der Waals surface area contributed by atoms with Gasteiger partial charge in [-0.05, 0) is 54.4 Å². The topological polar surface area (TPSA) is 30.9 Å². The van der Waals surface area contributed by atoms with E-state index in [1.807, 2.05) is 43.5 Å². The summed E-state index contributed by atoms with van der Waals surface area (Å²) in [5.41, 5.74) is 9.70. The molecule has 0 aliphatic rings. The highest BCUT2D eigenvalue weighted by molar-refractivity contribution is 7.80. The predicted octanol–water partition coefficient (Wildman–Crippen LogP) is 3.77. The molecule has 4 heteroatoms. The maximum Gasteiger partial charge on any atom is 0.123 e. The smallest absolute Gasteiger partial charge is 0.123 e. The minimum absolute atomic E-state index is 0.199. The minimum atomic E-state index is -0.199. The average molecular weight is 298 g/mol. The summed E-state index contributed by atoms with van der Waals surface area (Å²) in [5, 5.41) is 1.10. The number of halogens is 1. The van der Waals surface area contributed by atoms with Crippen molar-refractivity contribution < 1.29 is 4.39 Å². The molecule has 0 spiro atoms. The third-order valence-electron chi connectivity index (χ3n) is 3.70. The Bertz CT molecular complexity index is 836. The third kappa shape index (κ3) is 2.67. The summed E-state index contributed by atoms with van der Waals surface area (Å²) in [5.74, 6) is -0.199. The van der Waals surface area contributed by atoms with E-state index in [1.165, 1.54) is 6.07 Å². The highest BCUT2D eigenvalue weighted by Crippen LogP contribution is 2.20. The first-order valence-corrected chi connectivity index (χ1v) is 7.09. The summed E-state index contributed by atoms with van der Waals surface area (Å²) in [6.45, 7) is 2.64. The van der Waals surface area contributed by atoms with Gasteiger partial charge in [-0.15, -0.1) is 0 Å². The van der Waals surface area contributed by atoms with Gasteiger partial charge in [-0.3, -0.25) is 0 Å². The molecule has 21 heavy (non-hydrogen) atoms. The number of aryl methyl sites for hydroxylation is 1. The first-order valence-electron chi connectivity index (χ1n) is 6.68. The van der Waals surface area contributed by atoms with Crippen molar-refractivity contribution >= 4 is 28.1 Å². The van der Waals surface area contributed by atoms with Crippen LogP contribution in [0.4, 0.5) is 4.39 Å². The van der Waals surface area contributed by atoms with Crippen LogP contribution in [-0.2, 0) is 6.54 Å². The van der Waals surface area contributed by atoms with E-state index < -0.39 is 0 Å². The Morgan fingerprint density at radius 2 is 2.00 bits per heavy atom. The second kappa shape index (κ2) is 5.30. The molecule has 0 amide bonds. The van der Waals surface area contributed by atoms with Crippen LogP contribution in [0.2, 0.25) is 0 Å². The van der Waals surface area contributed by atoms with Gasteiger partial charge in [0.2, 0.25) is 0 Å². The predicted molar refractivity (Wildman–Crippen MR) is 88.1 cm³/mol. The average Bonchev–Trinajstić information content (AvgIpc) is 2.84. The van der Waals surface area contributed by atoms with E-state index in [0.717, 1.165) is 27.6 Å². The molecule has 2 nitrogen and oxygen atoms in total. The fraction of sp³-hybridized carbons (Fsp3) is 0.118. The molecule has 0 fully saturated rings. The van der Waals surface area contributed by atoms with Crippen LogP contribution in [-0.4, -0.2) is 9.56 Å². The highest BCUT2D eigenvalue weighted by Gasteiger charge is 2.06. The molecule has 1 aromatic heterocycles. The fourth-order valence-electron chi connectivity index (χ4n) is 2.51. The number of nitrogens with two attached hydrogens (primary N) is 1. The van der Waals surface area contributed by atoms with Gasteiger partial charge in [-0.2, -0.15) is 0 Å². The zero-order chi connectivity index (χ0) is 15.0. The zero-order valence-electron chi connectivity index (χ0n) is 11.6. The van der Waals surface area contributed by atoms with Crippen molar-refractivity contribution in [2.75, 3.05) is 0 Å². The first-order chi connectivity index (χ1) is 10.0. The van der Waals surface area contributed by atoms with Gasteiger partial charge in [0.15, 0.2) is 0 Å². The molecule has 1 heterocycles. The van der Waals surface area contributed by atoms with Crippen LogP contribution in [0.25, 0.3) is 10.9 Å². The maximum absolute atomic E-state index is 13.2. The standard InChI is InChI=1S/C17H15FN2S/c1-11-8-15(18)4-2-14(11)10-20-7-6-12-9-13(17(19)21)3-5-16(12)20/h2-9H,10H2,1H3,(H2,19,21). The van der Waals surface area contributed by atoms with Gasteiger partial charge < -0.3 is 10.3 Å². The summed E-state index contributed by atoms with van der Waals surface area (Å²) < 4.78 is 15.3. The fourth-order valence-corrected chi connectivity index (χ4v) is 2.64. The molecule has 0 saturated heterocycles. The number of hydrogen-bond acceptors (Lipinski definition) is 1. The van der Waals surface area contributed by atoms with Crippen LogP contribution in [0.3, 0.4) is 0 Å². The molecule has 0 aliphatic heterocycles. The maximum atomic E-state index is 13.2. The van der Waals surface area contributed by atoms with Crippen LogP contribution in [0.15, 0.2) is 48.7 Å². The van der Waals surface area contributed by atoms with Crippen molar-refractivity contribution in [3.8, 4) is 0 Å². The van der Waals surface area contributed by atoms with Crippen molar-refractivity contribution in [1.82, 2.24) is 4.57 Å². The highest BCUT2D eigenvalue weighted by atomic mass is 32.1. The molecule has 0 aliphatic carbocycles. The summed E-state index contributed by atoms with van der Waals surface area (Å²) >= 11 is 5.00. The molecule has 0 saturated carbocycles. The van der Waals surface area contributed by atoms with Crippen molar-refractivity contribution in [1.29, 1.82) is 0 Å². The number of benzene rings is 2. The van der Waals surface area contributed by atoms with Gasteiger partial charge in [0, 0.05) is 29.2 Å². The molecule has 2 N–H and O–H groups in total. The van der Waals surface area contributed by atoms with Crippen LogP contribution in [0.5, 0.6) is 0 Å². The SMILES string of the molecule is Cc1cc(F)ccc1Cn1ccc2cc(C(N)=S)ccc21. The van der Waals surface area contributed by atoms with Gasteiger partial charge >= 0.3 is 0 Å². The Labute approximate surface area is 128 Å². The lowest BCUT2D eigenvalue weighted by Gasteiger charge is -2.09. The molecule has 2 aromatic carbocycles. The van der Waals surface area contributed by atoms with Crippen LogP contribution >= 0.6 is 12.2 Å². The summed E-state index contributed by atoms with van der Waals surface area (Å²) in [4.78, 5) is 0.402. The number of thiocarbonyl (C=S) groups is 1. The van der Waals surface area contributed by atoms with E-state index in [2.05, 4.69) is 4.57 Å². The number of nitrogens with zero attached hydrogens (tertiary/aromatic N) is 1. The number of aromatic nitrogens is 1. The van der Waals surface area contributed by atoms with E-state index in [9.17, 15) is 4.39 Å². The van der Waals surface area contributed by atoms with Crippen LogP contribution in [0, 0.1) is 12.7 Å². The Balaban J connectivity index is 1.99. The zero-order valence-corrected chi connectivity index (χ0v) is 12.5. The number of hydrogen-bond donors (Lipinski definition) is 1. The Morgan fingerprint density at radius 3 is 2.71 bits per heavy atom. The van der Waals surface area contributed by atoms with Gasteiger partial charge in [-0.25, -0.2) is 4.39 Å². The van der Waals surface area contributed by atoms with Crippen LogP contribution < -0.4 is 5.73 Å². The third-order valence-corrected chi connectivity index (χ3v) is 3.94. The Hall–Kier alpha value is -2.20. The summed E-state index contributed by atoms with van der Waals surface area (Å²) in [7, 11) is 0. The van der Waals surface area contributed by atoms with E-state index in [0.29, 0.717) is 11.5 Å². The van der Waals surface area contributed by atoms with E-state index in [4.69, 9.17) is 18.0 Å². The lowest BCUT2D eigenvalue weighted by Crippen LogP contribution is -2.08. The Morgan fingerprint density at radius 1 is 1.19 bits per heavy atom. The molecule has 106 valence electrons. The van der Waals surface area contributed by atoms with Gasteiger partial charge in [0.1, 0.15) is 10.8 Å². The first kappa shape index (κ1) is 13.8. The van der Waals surface area contributed by atoms with Crippen molar-refractivity contribution in [2.24, 2.45) is 5.73 Å². The molecule has 3 aromatic rings. The molecular formula is C17H15FN2S. The summed E-state index contributed by atoms with van der Waals surface area (Å²) in [6.07, 6.45) is 2.02. The number of fused-ring (bicyclic) bond motifs is 1. The molecule has 3 rings (SSSR count). The van der Waals surface area contributed by atoms with Crippen LogP contribution in [0.1, 0.15) is 16.7 Å². The molecule has 0 radical (unpaired) electrons. The minimum Gasteiger partial charge on any atom is -0.389 e. The van der Waals surface area contributed by atoms with E-state index >= 15 is 0 Å².